The fourth-order valence-electron chi connectivity index (χ4n) is 4.16. The van der Waals surface area contributed by atoms with E-state index >= 15 is 0 Å². The van der Waals surface area contributed by atoms with Gasteiger partial charge in [0.1, 0.15) is 11.3 Å². The quantitative estimate of drug-likeness (QED) is 0.330. The van der Waals surface area contributed by atoms with Crippen molar-refractivity contribution in [1.29, 1.82) is 0 Å². The number of furan rings is 1. The molecule has 0 saturated heterocycles. The predicted molar refractivity (Wildman–Crippen MR) is 136 cm³/mol. The number of hydrogen-bond donors (Lipinski definition) is 1. The highest BCUT2D eigenvalue weighted by Crippen LogP contribution is 2.40. The van der Waals surface area contributed by atoms with Crippen LogP contribution < -0.4 is 10.1 Å². The van der Waals surface area contributed by atoms with E-state index in [1.54, 1.807) is 19.4 Å². The number of nitrogens with one attached hydrogen (secondary N) is 1. The second kappa shape index (κ2) is 8.99. The maximum Gasteiger partial charge on any atom is 0.248 e. The average molecular weight is 440 g/mol. The standard InChI is InChI=1S/C29H29NO3/c1-17-10-12-22(13-11-17)25-16-33-29-21(5)28(32-6)23(15-24(25)29)19(3)14-27(31)30-26-9-7-8-18(2)20(26)4/h7-16H,1-6H3,(H,30,31)/b19-14+. The van der Waals surface area contributed by atoms with Crippen LogP contribution in [0.25, 0.3) is 27.7 Å². The molecule has 0 atom stereocenters. The van der Waals surface area contributed by atoms with E-state index in [0.717, 1.165) is 55.6 Å². The van der Waals surface area contributed by atoms with E-state index in [-0.39, 0.29) is 5.91 Å². The summed E-state index contributed by atoms with van der Waals surface area (Å²) in [7, 11) is 1.64. The van der Waals surface area contributed by atoms with Gasteiger partial charge < -0.3 is 14.5 Å². The molecule has 0 radical (unpaired) electrons. The number of ether oxygens (including phenoxy) is 1. The van der Waals surface area contributed by atoms with E-state index in [0.29, 0.717) is 5.75 Å². The Balaban J connectivity index is 1.76. The van der Waals surface area contributed by atoms with E-state index in [2.05, 4.69) is 42.6 Å². The molecule has 0 unspecified atom stereocenters. The first-order chi connectivity index (χ1) is 15.8. The number of rotatable bonds is 5. The molecular weight excluding hydrogens is 410 g/mol. The van der Waals surface area contributed by atoms with Gasteiger partial charge in [-0.1, -0.05) is 42.0 Å². The Labute approximate surface area is 194 Å². The molecule has 1 N–H and O–H groups in total. The third-order valence-electron chi connectivity index (χ3n) is 6.25. The van der Waals surface area contributed by atoms with Crippen LogP contribution in [0.4, 0.5) is 5.69 Å². The summed E-state index contributed by atoms with van der Waals surface area (Å²) in [5.41, 5.74) is 9.72. The molecule has 4 rings (SSSR count). The van der Waals surface area contributed by atoms with Crippen LogP contribution in [0.3, 0.4) is 0 Å². The smallest absolute Gasteiger partial charge is 0.248 e. The van der Waals surface area contributed by atoms with Gasteiger partial charge in [-0.2, -0.15) is 0 Å². The summed E-state index contributed by atoms with van der Waals surface area (Å²) in [6, 6.07) is 16.3. The van der Waals surface area contributed by atoms with Gasteiger partial charge >= 0.3 is 0 Å². The van der Waals surface area contributed by atoms with E-state index in [9.17, 15) is 4.79 Å². The minimum Gasteiger partial charge on any atom is -0.496 e. The van der Waals surface area contributed by atoms with E-state index < -0.39 is 0 Å². The third-order valence-corrected chi connectivity index (χ3v) is 6.25. The summed E-state index contributed by atoms with van der Waals surface area (Å²) >= 11 is 0. The zero-order chi connectivity index (χ0) is 23.7. The maximum absolute atomic E-state index is 12.8. The number of hydrogen-bond acceptors (Lipinski definition) is 3. The largest absolute Gasteiger partial charge is 0.496 e. The second-order valence-corrected chi connectivity index (χ2v) is 8.54. The molecule has 33 heavy (non-hydrogen) atoms. The normalized spacial score (nSPS) is 11.6. The van der Waals surface area contributed by atoms with Crippen LogP contribution in [0.15, 0.2) is 65.3 Å². The maximum atomic E-state index is 12.8. The Bertz CT molecular complexity index is 1370. The zero-order valence-electron chi connectivity index (χ0n) is 20.0. The predicted octanol–water partition coefficient (Wildman–Crippen LogP) is 7.38. The topological polar surface area (TPSA) is 51.5 Å². The summed E-state index contributed by atoms with van der Waals surface area (Å²) in [6.45, 7) is 10.0. The van der Waals surface area contributed by atoms with Crippen molar-refractivity contribution in [2.45, 2.75) is 34.6 Å². The molecule has 4 heteroatoms. The lowest BCUT2D eigenvalue weighted by atomic mass is 9.96. The Morgan fingerprint density at radius 1 is 1.00 bits per heavy atom. The molecule has 1 amide bonds. The molecule has 0 spiro atoms. The summed E-state index contributed by atoms with van der Waals surface area (Å²) in [5, 5.41) is 4.00. The summed E-state index contributed by atoms with van der Waals surface area (Å²) in [6.07, 6.45) is 3.41. The minimum atomic E-state index is -0.174. The highest BCUT2D eigenvalue weighted by atomic mass is 16.5. The average Bonchev–Trinajstić information content (AvgIpc) is 3.21. The van der Waals surface area contributed by atoms with Crippen LogP contribution in [0, 0.1) is 27.7 Å². The van der Waals surface area contributed by atoms with E-state index in [4.69, 9.17) is 9.15 Å². The minimum absolute atomic E-state index is 0.174. The van der Waals surface area contributed by atoms with Crippen LogP contribution in [0.1, 0.15) is 34.7 Å². The first-order valence-corrected chi connectivity index (χ1v) is 11.0. The van der Waals surface area contributed by atoms with Gasteiger partial charge in [-0.25, -0.2) is 0 Å². The molecular formula is C29H29NO3. The molecule has 0 bridgehead atoms. The molecule has 4 aromatic rings. The Kier molecular flexibility index (Phi) is 6.10. The monoisotopic (exact) mass is 439 g/mol. The number of benzene rings is 3. The Morgan fingerprint density at radius 2 is 1.73 bits per heavy atom. The zero-order valence-corrected chi connectivity index (χ0v) is 20.0. The van der Waals surface area contributed by atoms with Gasteiger partial charge in [-0.05, 0) is 69.0 Å². The van der Waals surface area contributed by atoms with E-state index in [1.807, 2.05) is 45.9 Å². The van der Waals surface area contributed by atoms with Crippen molar-refractivity contribution in [2.24, 2.45) is 0 Å². The first kappa shape index (κ1) is 22.4. The van der Waals surface area contributed by atoms with Gasteiger partial charge in [0.2, 0.25) is 5.91 Å². The number of allylic oxidation sites excluding steroid dienone is 1. The van der Waals surface area contributed by atoms with Crippen molar-refractivity contribution in [2.75, 3.05) is 12.4 Å². The van der Waals surface area contributed by atoms with Crippen molar-refractivity contribution in [3.8, 4) is 16.9 Å². The molecule has 0 aliphatic heterocycles. The lowest BCUT2D eigenvalue weighted by Gasteiger charge is -2.14. The van der Waals surface area contributed by atoms with Crippen LogP contribution >= 0.6 is 0 Å². The number of methoxy groups -OCH3 is 1. The molecule has 0 aliphatic carbocycles. The number of fused-ring (bicyclic) bond motifs is 1. The molecule has 3 aromatic carbocycles. The first-order valence-electron chi connectivity index (χ1n) is 11.0. The SMILES string of the molecule is COc1c(/C(C)=C/C(=O)Nc2cccc(C)c2C)cc2c(-c3ccc(C)cc3)coc2c1C. The van der Waals surface area contributed by atoms with Crippen LogP contribution in [0.5, 0.6) is 5.75 Å². The second-order valence-electron chi connectivity index (χ2n) is 8.54. The molecule has 168 valence electrons. The Hall–Kier alpha value is -3.79. The van der Waals surface area contributed by atoms with Gasteiger partial charge in [0, 0.05) is 33.8 Å². The lowest BCUT2D eigenvalue weighted by Crippen LogP contribution is -2.10. The van der Waals surface area contributed by atoms with Crippen molar-refractivity contribution in [3.05, 3.63) is 88.7 Å². The lowest BCUT2D eigenvalue weighted by molar-refractivity contribution is -0.111. The van der Waals surface area contributed by atoms with Gasteiger partial charge in [0.15, 0.2) is 0 Å². The number of aryl methyl sites for hydroxylation is 3. The van der Waals surface area contributed by atoms with Crippen molar-refractivity contribution in [3.63, 3.8) is 0 Å². The molecule has 0 fully saturated rings. The fourth-order valence-corrected chi connectivity index (χ4v) is 4.16. The molecule has 1 aromatic heterocycles. The molecule has 0 saturated carbocycles. The van der Waals surface area contributed by atoms with Crippen molar-refractivity contribution < 1.29 is 13.9 Å². The molecule has 0 aliphatic rings. The summed E-state index contributed by atoms with van der Waals surface area (Å²) in [5.74, 6) is 0.535. The summed E-state index contributed by atoms with van der Waals surface area (Å²) < 4.78 is 11.7. The number of carbonyl (C=O) groups is 1. The molecule has 1 heterocycles. The van der Waals surface area contributed by atoms with Crippen molar-refractivity contribution >= 4 is 28.1 Å². The van der Waals surface area contributed by atoms with Gasteiger partial charge in [-0.3, -0.25) is 4.79 Å². The fraction of sp³-hybridized carbons (Fsp3) is 0.207. The Morgan fingerprint density at radius 3 is 2.42 bits per heavy atom. The highest BCUT2D eigenvalue weighted by molar-refractivity contribution is 6.06. The van der Waals surface area contributed by atoms with Crippen LogP contribution in [-0.2, 0) is 4.79 Å². The van der Waals surface area contributed by atoms with Crippen LogP contribution in [0.2, 0.25) is 0 Å². The van der Waals surface area contributed by atoms with Crippen LogP contribution in [-0.4, -0.2) is 13.0 Å². The highest BCUT2D eigenvalue weighted by Gasteiger charge is 2.19. The van der Waals surface area contributed by atoms with Gasteiger partial charge in [0.25, 0.3) is 0 Å². The number of amides is 1. The van der Waals surface area contributed by atoms with Crippen molar-refractivity contribution in [1.82, 2.24) is 0 Å². The van der Waals surface area contributed by atoms with Gasteiger partial charge in [-0.15, -0.1) is 0 Å². The van der Waals surface area contributed by atoms with E-state index in [1.165, 1.54) is 5.56 Å². The molecule has 4 nitrogen and oxygen atoms in total. The third kappa shape index (κ3) is 4.29. The number of carbonyl (C=O) groups excluding carboxylic acids is 1. The summed E-state index contributed by atoms with van der Waals surface area (Å²) in [4.78, 5) is 12.8. The van der Waals surface area contributed by atoms with Gasteiger partial charge in [0.05, 0.1) is 13.4 Å². The number of anilines is 1.